The second-order valence-electron chi connectivity index (χ2n) is 11.5. The maximum Gasteiger partial charge on any atom is 0.475 e. The number of nitrogens with zero attached hydrogens (tertiary/aromatic N) is 7. The zero-order chi connectivity index (χ0) is 36.9. The molecule has 27 heteroatoms. The van der Waals surface area contributed by atoms with Gasteiger partial charge in [0.25, 0.3) is 5.56 Å². The molecule has 3 saturated heterocycles. The summed E-state index contributed by atoms with van der Waals surface area (Å²) in [6.07, 6.45) is -9.52. The Morgan fingerprint density at radius 3 is 2.46 bits per heavy atom. The minimum atomic E-state index is -4.80. The van der Waals surface area contributed by atoms with Gasteiger partial charge in [-0.3, -0.25) is 51.5 Å². The van der Waals surface area contributed by atoms with E-state index >= 15 is 4.39 Å². The molecule has 52 heavy (non-hydrogen) atoms. The van der Waals surface area contributed by atoms with Crippen LogP contribution in [0.15, 0.2) is 23.8 Å². The largest absolute Gasteiger partial charge is 0.475 e. The van der Waals surface area contributed by atoms with Gasteiger partial charge in [-0.15, -0.1) is 11.8 Å². The summed E-state index contributed by atoms with van der Waals surface area (Å²) in [5, 5.41) is 19.4. The number of nitrogens with one attached hydrogen (secondary N) is 2. The summed E-state index contributed by atoms with van der Waals surface area (Å²) < 4.78 is 92.6. The van der Waals surface area contributed by atoms with Gasteiger partial charge in [-0.25, -0.2) is 33.5 Å². The van der Waals surface area contributed by atoms with E-state index in [4.69, 9.17) is 53.5 Å². The van der Waals surface area contributed by atoms with Gasteiger partial charge in [0.15, 0.2) is 41.3 Å². The first kappa shape index (κ1) is 36.9. The van der Waals surface area contributed by atoms with Crippen molar-refractivity contribution in [1.29, 1.82) is 5.41 Å². The van der Waals surface area contributed by atoms with Crippen molar-refractivity contribution in [2.24, 2.45) is 0 Å². The molecule has 0 aromatic carbocycles. The number of thioether (sulfide) groups is 1. The molecule has 10 atom stereocenters. The summed E-state index contributed by atoms with van der Waals surface area (Å²) >= 11 is 1.08. The van der Waals surface area contributed by atoms with Gasteiger partial charge in [-0.05, 0) is 6.92 Å². The molecule has 0 aliphatic carbocycles. The number of ether oxygens (including phenoxy) is 2. The maximum absolute atomic E-state index is 16.4. The molecule has 3 aliphatic rings. The van der Waals surface area contributed by atoms with E-state index in [1.54, 1.807) is 6.92 Å². The Morgan fingerprint density at radius 1 is 1.04 bits per heavy atom. The highest BCUT2D eigenvalue weighted by atomic mass is 32.2. The lowest BCUT2D eigenvalue weighted by atomic mass is 10.1. The van der Waals surface area contributed by atoms with E-state index < -0.39 is 83.6 Å². The van der Waals surface area contributed by atoms with Crippen molar-refractivity contribution >= 4 is 66.5 Å². The van der Waals surface area contributed by atoms with Gasteiger partial charge < -0.3 is 26.0 Å². The van der Waals surface area contributed by atoms with Gasteiger partial charge >= 0.3 is 15.6 Å². The van der Waals surface area contributed by atoms with E-state index in [1.807, 2.05) is 0 Å². The predicted octanol–water partition coefficient (Wildman–Crippen LogP) is 1.04. The van der Waals surface area contributed by atoms with Crippen LogP contribution in [0.5, 0.6) is 0 Å². The summed E-state index contributed by atoms with van der Waals surface area (Å²) in [5.41, 5.74) is 11.0. The van der Waals surface area contributed by atoms with E-state index in [0.717, 1.165) is 31.5 Å². The number of imidazole rings is 2. The van der Waals surface area contributed by atoms with Crippen LogP contribution in [-0.2, 0) is 45.7 Å². The number of H-pyrrole nitrogens is 1. The lowest BCUT2D eigenvalue weighted by Gasteiger charge is -2.28. The van der Waals surface area contributed by atoms with Gasteiger partial charge in [-0.2, -0.15) is 4.98 Å². The predicted molar refractivity (Wildman–Crippen MR) is 177 cm³/mol. The number of phosphoric ester groups is 2. The summed E-state index contributed by atoms with van der Waals surface area (Å²) in [5.74, 6) is -0.0960. The SMILES string of the molecule is COP1(=O)OCC2O[C@@H](n3cnc4c(=O)[nH]c(N)nc43)C(OP(=O)(OCCSC(C)=N)OC[C@H]3OC(n4cnc5c(N)ncnc54)C(F)C3O1)C2O. The number of aromatic nitrogens is 8. The molecule has 7 rings (SSSR count). The third-order valence-electron chi connectivity index (χ3n) is 8.14. The molecule has 4 aromatic rings. The number of aliphatic hydroxyl groups excluding tert-OH is 1. The standard InChI is InChI=1S/C25H32FN11O12P2S/c1-10(27)52-4-3-43-51(41)45-6-12-17(13(26)23(47-12)36-8-32-14-19(28)30-7-31-20(14)36)48-50(40,42-2)44-5-11-16(38)18(49-51)24(46-11)37-9-33-15-21(37)34-25(29)35-22(15)39/h7-9,11-13,16-18,23-24,27,38H,3-6H2,1-2H3,(H2,28,30,31)(H3,29,34,35,39)/t11?,12-,13?,16?,17?,18?,23?,24-,50?,51?/m1/s1. The summed E-state index contributed by atoms with van der Waals surface area (Å²) in [4.78, 5) is 35.1. The van der Waals surface area contributed by atoms with Gasteiger partial charge in [0.1, 0.15) is 42.4 Å². The highest BCUT2D eigenvalue weighted by Gasteiger charge is 2.55. The van der Waals surface area contributed by atoms with E-state index in [1.165, 1.54) is 15.5 Å². The van der Waals surface area contributed by atoms with Crippen LogP contribution in [0, 0.1) is 5.41 Å². The Balaban J connectivity index is 1.25. The van der Waals surface area contributed by atoms with Gasteiger partial charge in [-0.1, -0.05) is 0 Å². The number of nitrogens with two attached hydrogens (primary N) is 2. The molecule has 8 unspecified atom stereocenters. The summed E-state index contributed by atoms with van der Waals surface area (Å²) in [7, 11) is -8.48. The Morgan fingerprint density at radius 2 is 1.71 bits per heavy atom. The molecule has 3 aliphatic heterocycles. The number of fused-ring (bicyclic) bond motifs is 5. The fraction of sp³-hybridized carbons (Fsp3) is 0.560. The molecule has 0 radical (unpaired) electrons. The normalized spacial score (nSPS) is 34.2. The molecule has 0 spiro atoms. The van der Waals surface area contributed by atoms with Gasteiger partial charge in [0, 0.05) is 12.9 Å². The third-order valence-corrected chi connectivity index (χ3v) is 11.8. The minimum absolute atomic E-state index is 0.0234. The smallest absolute Gasteiger partial charge is 0.387 e. The van der Waals surface area contributed by atoms with E-state index in [-0.39, 0.29) is 51.5 Å². The Hall–Kier alpha value is -3.45. The van der Waals surface area contributed by atoms with Crippen molar-refractivity contribution in [3.8, 4) is 0 Å². The molecule has 4 aromatic heterocycles. The number of halogens is 1. The Labute approximate surface area is 295 Å². The van der Waals surface area contributed by atoms with Crippen molar-refractivity contribution < 1.29 is 55.2 Å². The summed E-state index contributed by atoms with van der Waals surface area (Å²) in [6.45, 7) is -0.194. The maximum atomic E-state index is 16.4. The molecule has 7 N–H and O–H groups in total. The van der Waals surface area contributed by atoms with E-state index in [2.05, 4.69) is 29.9 Å². The van der Waals surface area contributed by atoms with Crippen molar-refractivity contribution in [3.63, 3.8) is 0 Å². The monoisotopic (exact) mass is 791 g/mol. The van der Waals surface area contributed by atoms with Gasteiger partial charge in [0.2, 0.25) is 5.95 Å². The van der Waals surface area contributed by atoms with Crippen LogP contribution >= 0.6 is 27.4 Å². The van der Waals surface area contributed by atoms with E-state index in [9.17, 15) is 19.0 Å². The third kappa shape index (κ3) is 6.99. The second-order valence-corrected chi connectivity index (χ2v) is 16.1. The molecule has 0 saturated carbocycles. The average molecular weight is 792 g/mol. The fourth-order valence-corrected chi connectivity index (χ4v) is 8.85. The number of nitrogen functional groups attached to an aromatic ring is 2. The number of aliphatic hydroxyl groups is 1. The zero-order valence-electron chi connectivity index (χ0n) is 27.1. The van der Waals surface area contributed by atoms with E-state index in [0.29, 0.717) is 0 Å². The van der Waals surface area contributed by atoms with Crippen LogP contribution in [0.4, 0.5) is 16.2 Å². The fourth-order valence-electron chi connectivity index (χ4n) is 5.75. The molecule has 2 bridgehead atoms. The van der Waals surface area contributed by atoms with Gasteiger partial charge in [0.05, 0.1) is 37.5 Å². The molecule has 282 valence electrons. The minimum Gasteiger partial charge on any atom is -0.387 e. The molecule has 0 amide bonds. The number of hydrogen-bond acceptors (Lipinski definition) is 21. The molecular weight excluding hydrogens is 759 g/mol. The summed E-state index contributed by atoms with van der Waals surface area (Å²) in [6, 6.07) is 0. The van der Waals surface area contributed by atoms with Crippen LogP contribution in [-0.4, -0.2) is 119 Å². The van der Waals surface area contributed by atoms with Crippen LogP contribution in [0.25, 0.3) is 22.3 Å². The number of hydrogen-bond donors (Lipinski definition) is 5. The van der Waals surface area contributed by atoms with Crippen LogP contribution in [0.3, 0.4) is 0 Å². The molecule has 7 heterocycles. The quantitative estimate of drug-likeness (QED) is 0.0755. The number of phosphoric acid groups is 2. The van der Waals surface area contributed by atoms with Crippen LogP contribution in [0.2, 0.25) is 0 Å². The topological polar surface area (TPSA) is 311 Å². The van der Waals surface area contributed by atoms with Crippen molar-refractivity contribution in [2.45, 2.75) is 56.1 Å². The van der Waals surface area contributed by atoms with Crippen molar-refractivity contribution in [3.05, 3.63) is 29.3 Å². The molecule has 23 nitrogen and oxygen atoms in total. The van der Waals surface area contributed by atoms with Crippen LogP contribution in [0.1, 0.15) is 19.4 Å². The molecule has 3 fully saturated rings. The Kier molecular flexibility index (Phi) is 10.2. The zero-order valence-corrected chi connectivity index (χ0v) is 29.7. The highest BCUT2D eigenvalue weighted by Crippen LogP contribution is 2.57. The Bertz CT molecular complexity index is 2140. The number of anilines is 2. The average Bonchev–Trinajstić information content (AvgIpc) is 3.86. The van der Waals surface area contributed by atoms with Crippen molar-refractivity contribution in [1.82, 2.24) is 39.0 Å². The number of alkyl halides is 1. The first-order chi connectivity index (χ1) is 24.8. The number of rotatable bonds is 7. The lowest BCUT2D eigenvalue weighted by molar-refractivity contribution is -0.0697. The first-order valence-corrected chi connectivity index (χ1v) is 19.2. The highest BCUT2D eigenvalue weighted by molar-refractivity contribution is 8.13. The lowest BCUT2D eigenvalue weighted by Crippen LogP contribution is -2.35. The van der Waals surface area contributed by atoms with Crippen molar-refractivity contribution in [2.75, 3.05) is 44.2 Å². The number of aromatic amines is 1. The second kappa shape index (κ2) is 14.4. The van der Waals surface area contributed by atoms with Crippen LogP contribution < -0.4 is 17.0 Å². The first-order valence-electron chi connectivity index (χ1n) is 15.3. The molecular formula is C25H32FN11O12P2S.